The smallest absolute Gasteiger partial charge is 0.255 e. The summed E-state index contributed by atoms with van der Waals surface area (Å²) in [6.45, 7) is 1.33. The molecule has 0 saturated carbocycles. The van der Waals surface area contributed by atoms with Gasteiger partial charge in [-0.2, -0.15) is 0 Å². The lowest BCUT2D eigenvalue weighted by atomic mass is 10.5. The molecular formula is C8H9F2N5. The van der Waals surface area contributed by atoms with Crippen molar-refractivity contribution < 1.29 is 8.78 Å². The highest BCUT2D eigenvalue weighted by Gasteiger charge is 2.09. The number of rotatable bonds is 3. The number of aryl methyl sites for hydroxylation is 1. The highest BCUT2D eigenvalue weighted by molar-refractivity contribution is 5.61. The first kappa shape index (κ1) is 9.75. The normalized spacial score (nSPS) is 11.2. The van der Waals surface area contributed by atoms with E-state index in [1.54, 1.807) is 17.5 Å². The van der Waals surface area contributed by atoms with Gasteiger partial charge in [-0.25, -0.2) is 13.8 Å². The van der Waals surface area contributed by atoms with Crippen LogP contribution in [-0.2, 0) is 0 Å². The summed E-state index contributed by atoms with van der Waals surface area (Å²) in [5.41, 5.74) is 0.454. The molecule has 0 radical (unpaired) electrons. The molecule has 0 fully saturated rings. The van der Waals surface area contributed by atoms with E-state index < -0.39 is 13.0 Å². The predicted octanol–water partition coefficient (Wildman–Crippen LogP) is 1.11. The van der Waals surface area contributed by atoms with Crippen molar-refractivity contribution in [3.63, 3.8) is 0 Å². The molecule has 0 amide bonds. The van der Waals surface area contributed by atoms with E-state index in [1.807, 2.05) is 0 Å². The van der Waals surface area contributed by atoms with E-state index in [1.165, 1.54) is 6.20 Å². The minimum atomic E-state index is -2.42. The molecule has 0 spiro atoms. The first-order valence-electron chi connectivity index (χ1n) is 4.37. The van der Waals surface area contributed by atoms with Gasteiger partial charge < -0.3 is 5.32 Å². The van der Waals surface area contributed by atoms with Crippen LogP contribution in [0.2, 0.25) is 0 Å². The summed E-state index contributed by atoms with van der Waals surface area (Å²) in [6.07, 6.45) is 0.770. The molecule has 0 aliphatic heterocycles. The number of hydrogen-bond acceptors (Lipinski definition) is 4. The van der Waals surface area contributed by atoms with Gasteiger partial charge in [0.15, 0.2) is 5.82 Å². The van der Waals surface area contributed by atoms with Crippen molar-refractivity contribution in [1.29, 1.82) is 0 Å². The van der Waals surface area contributed by atoms with Crippen molar-refractivity contribution in [2.75, 3.05) is 11.9 Å². The number of aromatic nitrogens is 4. The average Bonchev–Trinajstić information content (AvgIpc) is 2.58. The van der Waals surface area contributed by atoms with Crippen molar-refractivity contribution in [2.45, 2.75) is 13.3 Å². The Labute approximate surface area is 84.2 Å². The van der Waals surface area contributed by atoms with E-state index in [9.17, 15) is 8.78 Å². The average molecular weight is 213 g/mol. The second-order valence-electron chi connectivity index (χ2n) is 2.99. The third kappa shape index (κ3) is 1.85. The number of nitrogens with zero attached hydrogens (tertiary/aromatic N) is 4. The fourth-order valence-electron chi connectivity index (χ4n) is 1.24. The monoisotopic (exact) mass is 213 g/mol. The van der Waals surface area contributed by atoms with Crippen LogP contribution < -0.4 is 5.32 Å². The van der Waals surface area contributed by atoms with Gasteiger partial charge in [0.1, 0.15) is 5.82 Å². The van der Waals surface area contributed by atoms with Crippen molar-refractivity contribution in [3.8, 4) is 0 Å². The van der Waals surface area contributed by atoms with Crippen LogP contribution in [0.1, 0.15) is 5.82 Å². The van der Waals surface area contributed by atoms with Gasteiger partial charge in [0.2, 0.25) is 5.65 Å². The van der Waals surface area contributed by atoms with Crippen LogP contribution in [0.5, 0.6) is 0 Å². The summed E-state index contributed by atoms with van der Waals surface area (Å²) in [4.78, 5) is 3.92. The molecule has 0 saturated heterocycles. The largest absolute Gasteiger partial charge is 0.361 e. The van der Waals surface area contributed by atoms with E-state index in [4.69, 9.17) is 0 Å². The van der Waals surface area contributed by atoms with Crippen LogP contribution in [0.25, 0.3) is 5.65 Å². The summed E-state index contributed by atoms with van der Waals surface area (Å²) in [5.74, 6) is 1.01. The number of anilines is 1. The van der Waals surface area contributed by atoms with Gasteiger partial charge in [-0.3, -0.25) is 4.40 Å². The predicted molar refractivity (Wildman–Crippen MR) is 50.0 cm³/mol. The third-order valence-corrected chi connectivity index (χ3v) is 1.92. The maximum Gasteiger partial charge on any atom is 0.255 e. The topological polar surface area (TPSA) is 55.1 Å². The second kappa shape index (κ2) is 3.76. The first-order valence-corrected chi connectivity index (χ1v) is 4.37. The Balaban J connectivity index is 2.34. The Kier molecular flexibility index (Phi) is 2.44. The van der Waals surface area contributed by atoms with Gasteiger partial charge in [-0.15, -0.1) is 10.2 Å². The summed E-state index contributed by atoms with van der Waals surface area (Å²) in [7, 11) is 0. The summed E-state index contributed by atoms with van der Waals surface area (Å²) in [6, 6.07) is 0. The molecule has 0 atom stereocenters. The minimum absolute atomic E-state index is 0.318. The molecule has 5 nitrogen and oxygen atoms in total. The molecule has 0 aliphatic carbocycles. The van der Waals surface area contributed by atoms with Crippen LogP contribution in [0.4, 0.5) is 14.6 Å². The quantitative estimate of drug-likeness (QED) is 0.829. The Morgan fingerprint density at radius 3 is 3.00 bits per heavy atom. The number of nitrogens with one attached hydrogen (secondary N) is 1. The standard InChI is InChI=1S/C8H9F2N5/c1-5-13-14-8-7(12-4-6(9)10)11-2-3-15(5)8/h2-3,6H,4H2,1H3,(H,11,12). The molecule has 2 aromatic heterocycles. The Morgan fingerprint density at radius 1 is 1.47 bits per heavy atom. The molecule has 0 unspecified atom stereocenters. The Bertz CT molecular complexity index is 467. The molecule has 2 aromatic rings. The molecule has 0 aromatic carbocycles. The van der Waals surface area contributed by atoms with Crippen LogP contribution in [0, 0.1) is 6.92 Å². The van der Waals surface area contributed by atoms with E-state index >= 15 is 0 Å². The molecular weight excluding hydrogens is 204 g/mol. The van der Waals surface area contributed by atoms with Gasteiger partial charge in [0.05, 0.1) is 6.54 Å². The fraction of sp³-hybridized carbons (Fsp3) is 0.375. The molecule has 2 rings (SSSR count). The van der Waals surface area contributed by atoms with Gasteiger partial charge in [0.25, 0.3) is 6.43 Å². The highest BCUT2D eigenvalue weighted by Crippen LogP contribution is 2.11. The molecule has 80 valence electrons. The maximum atomic E-state index is 12.0. The van der Waals surface area contributed by atoms with Crippen molar-refractivity contribution >= 4 is 11.5 Å². The lowest BCUT2D eigenvalue weighted by Crippen LogP contribution is -2.12. The van der Waals surface area contributed by atoms with E-state index in [2.05, 4.69) is 20.5 Å². The molecule has 1 N–H and O–H groups in total. The van der Waals surface area contributed by atoms with Crippen LogP contribution in [0.15, 0.2) is 12.4 Å². The summed E-state index contributed by atoms with van der Waals surface area (Å²) < 4.78 is 25.7. The van der Waals surface area contributed by atoms with Crippen LogP contribution in [-0.4, -0.2) is 32.6 Å². The number of alkyl halides is 2. The van der Waals surface area contributed by atoms with Gasteiger partial charge >= 0.3 is 0 Å². The first-order chi connectivity index (χ1) is 7.18. The fourth-order valence-corrected chi connectivity index (χ4v) is 1.24. The van der Waals surface area contributed by atoms with Crippen molar-refractivity contribution in [1.82, 2.24) is 19.6 Å². The van der Waals surface area contributed by atoms with E-state index in [0.717, 1.165) is 0 Å². The van der Waals surface area contributed by atoms with Gasteiger partial charge in [0, 0.05) is 12.4 Å². The van der Waals surface area contributed by atoms with Gasteiger partial charge in [-0.05, 0) is 6.92 Å². The van der Waals surface area contributed by atoms with Crippen LogP contribution in [0.3, 0.4) is 0 Å². The summed E-state index contributed by atoms with van der Waals surface area (Å²) in [5, 5.41) is 10.2. The zero-order valence-electron chi connectivity index (χ0n) is 7.98. The van der Waals surface area contributed by atoms with Crippen molar-refractivity contribution in [2.24, 2.45) is 0 Å². The highest BCUT2D eigenvalue weighted by atomic mass is 19.3. The van der Waals surface area contributed by atoms with Gasteiger partial charge in [-0.1, -0.05) is 0 Å². The van der Waals surface area contributed by atoms with E-state index in [0.29, 0.717) is 17.3 Å². The number of hydrogen-bond donors (Lipinski definition) is 1. The van der Waals surface area contributed by atoms with E-state index in [-0.39, 0.29) is 0 Å². The maximum absolute atomic E-state index is 12.0. The Morgan fingerprint density at radius 2 is 2.27 bits per heavy atom. The number of fused-ring (bicyclic) bond motifs is 1. The lowest BCUT2D eigenvalue weighted by molar-refractivity contribution is 0.163. The molecule has 0 aliphatic rings. The molecule has 15 heavy (non-hydrogen) atoms. The molecule has 7 heteroatoms. The third-order valence-electron chi connectivity index (χ3n) is 1.92. The zero-order chi connectivity index (χ0) is 10.8. The molecule has 2 heterocycles. The second-order valence-corrected chi connectivity index (χ2v) is 2.99. The lowest BCUT2D eigenvalue weighted by Gasteiger charge is -2.04. The Hall–Kier alpha value is -1.79. The number of halogens is 2. The van der Waals surface area contributed by atoms with Crippen molar-refractivity contribution in [3.05, 3.63) is 18.2 Å². The molecule has 0 bridgehead atoms. The SMILES string of the molecule is Cc1nnc2c(NCC(F)F)nccn12. The minimum Gasteiger partial charge on any atom is -0.361 e. The zero-order valence-corrected chi connectivity index (χ0v) is 7.98. The van der Waals surface area contributed by atoms with Crippen LogP contribution >= 0.6 is 0 Å². The summed E-state index contributed by atoms with van der Waals surface area (Å²) >= 11 is 0.